The van der Waals surface area contributed by atoms with Gasteiger partial charge in [0.2, 0.25) is 5.91 Å². The Morgan fingerprint density at radius 2 is 1.88 bits per heavy atom. The molecule has 1 aliphatic rings. The van der Waals surface area contributed by atoms with Crippen LogP contribution in [0.1, 0.15) is 11.8 Å². The molecule has 1 aromatic carbocycles. The SMILES string of the molecule is COc1ccc(SC(C)C(=O)N2CCN(Cc3ccc(Cl)s3)CC2)cc1. The highest BCUT2D eigenvalue weighted by Gasteiger charge is 2.25. The van der Waals surface area contributed by atoms with Crippen LogP contribution in [0.5, 0.6) is 5.75 Å². The number of thioether (sulfide) groups is 1. The van der Waals surface area contributed by atoms with Crippen LogP contribution in [0, 0.1) is 0 Å². The average molecular weight is 411 g/mol. The highest BCUT2D eigenvalue weighted by molar-refractivity contribution is 8.00. The number of benzene rings is 1. The zero-order chi connectivity index (χ0) is 18.5. The lowest BCUT2D eigenvalue weighted by atomic mass is 10.2. The van der Waals surface area contributed by atoms with Crippen molar-refractivity contribution in [3.8, 4) is 5.75 Å². The Kier molecular flexibility index (Phi) is 6.86. The van der Waals surface area contributed by atoms with Crippen LogP contribution in [0.3, 0.4) is 0 Å². The number of carbonyl (C=O) groups excluding carboxylic acids is 1. The van der Waals surface area contributed by atoms with E-state index in [-0.39, 0.29) is 11.2 Å². The Bertz CT molecular complexity index is 727. The third kappa shape index (κ3) is 5.16. The fourth-order valence-corrected chi connectivity index (χ4v) is 5.03. The lowest BCUT2D eigenvalue weighted by molar-refractivity contribution is -0.132. The maximum absolute atomic E-state index is 12.7. The quantitative estimate of drug-likeness (QED) is 0.667. The molecule has 1 aromatic heterocycles. The van der Waals surface area contributed by atoms with Crippen molar-refractivity contribution in [1.29, 1.82) is 0 Å². The highest BCUT2D eigenvalue weighted by atomic mass is 35.5. The van der Waals surface area contributed by atoms with Gasteiger partial charge in [-0.15, -0.1) is 23.1 Å². The molecule has 0 spiro atoms. The van der Waals surface area contributed by atoms with Crippen LogP contribution >= 0.6 is 34.7 Å². The summed E-state index contributed by atoms with van der Waals surface area (Å²) in [5.74, 6) is 1.04. The lowest BCUT2D eigenvalue weighted by Gasteiger charge is -2.35. The molecule has 0 radical (unpaired) electrons. The number of ether oxygens (including phenoxy) is 1. The predicted octanol–water partition coefficient (Wildman–Crippen LogP) is 4.24. The summed E-state index contributed by atoms with van der Waals surface area (Å²) in [5, 5.41) is -0.0916. The van der Waals surface area contributed by atoms with Gasteiger partial charge in [-0.3, -0.25) is 9.69 Å². The van der Waals surface area contributed by atoms with Gasteiger partial charge in [0.1, 0.15) is 5.75 Å². The van der Waals surface area contributed by atoms with E-state index in [0.29, 0.717) is 0 Å². The molecule has 1 amide bonds. The first-order valence-electron chi connectivity index (χ1n) is 8.61. The summed E-state index contributed by atoms with van der Waals surface area (Å²) in [6.07, 6.45) is 0. The number of carbonyl (C=O) groups is 1. The second-order valence-corrected chi connectivity index (χ2v) is 9.46. The van der Waals surface area contributed by atoms with Crippen LogP contribution < -0.4 is 4.74 Å². The van der Waals surface area contributed by atoms with Gasteiger partial charge in [-0.25, -0.2) is 0 Å². The number of hydrogen-bond acceptors (Lipinski definition) is 5. The number of rotatable bonds is 6. The molecule has 0 saturated carbocycles. The van der Waals surface area contributed by atoms with Crippen molar-refractivity contribution in [3.05, 3.63) is 45.6 Å². The molecule has 7 heteroatoms. The fraction of sp³-hybridized carbons (Fsp3) is 0.421. The van der Waals surface area contributed by atoms with Gasteiger partial charge >= 0.3 is 0 Å². The number of piperazine rings is 1. The van der Waals surface area contributed by atoms with Crippen molar-refractivity contribution >= 4 is 40.6 Å². The zero-order valence-corrected chi connectivity index (χ0v) is 17.4. The second-order valence-electron chi connectivity index (χ2n) is 6.24. The summed E-state index contributed by atoms with van der Waals surface area (Å²) in [6.45, 7) is 6.27. The Morgan fingerprint density at radius 1 is 1.19 bits per heavy atom. The fourth-order valence-electron chi connectivity index (χ4n) is 2.95. The van der Waals surface area contributed by atoms with Gasteiger partial charge in [0.25, 0.3) is 0 Å². The van der Waals surface area contributed by atoms with E-state index in [4.69, 9.17) is 16.3 Å². The van der Waals surface area contributed by atoms with Gasteiger partial charge in [-0.05, 0) is 43.3 Å². The van der Waals surface area contributed by atoms with Crippen LogP contribution in [-0.4, -0.2) is 54.2 Å². The molecular formula is C19H23ClN2O2S2. The van der Waals surface area contributed by atoms with Gasteiger partial charge in [0.05, 0.1) is 16.7 Å². The molecule has 1 unspecified atom stereocenters. The van der Waals surface area contributed by atoms with Crippen molar-refractivity contribution in [1.82, 2.24) is 9.80 Å². The molecule has 140 valence electrons. The zero-order valence-electron chi connectivity index (χ0n) is 15.0. The number of thiophene rings is 1. The van der Waals surface area contributed by atoms with E-state index in [9.17, 15) is 4.79 Å². The maximum Gasteiger partial charge on any atom is 0.235 e. The van der Waals surface area contributed by atoms with E-state index in [2.05, 4.69) is 11.0 Å². The summed E-state index contributed by atoms with van der Waals surface area (Å²) in [4.78, 5) is 19.5. The Balaban J connectivity index is 1.47. The van der Waals surface area contributed by atoms with E-state index in [1.807, 2.05) is 42.2 Å². The van der Waals surface area contributed by atoms with E-state index in [1.165, 1.54) is 4.88 Å². The number of methoxy groups -OCH3 is 1. The van der Waals surface area contributed by atoms with E-state index < -0.39 is 0 Å². The molecule has 3 rings (SSSR count). The first-order valence-corrected chi connectivity index (χ1v) is 10.7. The normalized spacial score (nSPS) is 16.5. The summed E-state index contributed by atoms with van der Waals surface area (Å²) >= 11 is 9.22. The van der Waals surface area contributed by atoms with E-state index >= 15 is 0 Å². The first kappa shape index (κ1) is 19.5. The van der Waals surface area contributed by atoms with Crippen molar-refractivity contribution in [2.24, 2.45) is 0 Å². The highest BCUT2D eigenvalue weighted by Crippen LogP contribution is 2.27. The van der Waals surface area contributed by atoms with Gasteiger partial charge < -0.3 is 9.64 Å². The standard InChI is InChI=1S/C19H23ClN2O2S2/c1-14(25-16-5-3-15(24-2)4-6-16)19(23)22-11-9-21(10-12-22)13-17-7-8-18(20)26-17/h3-8,14H,9-13H2,1-2H3. The Hall–Kier alpha value is -1.21. The number of nitrogens with zero attached hydrogens (tertiary/aromatic N) is 2. The largest absolute Gasteiger partial charge is 0.497 e. The third-order valence-electron chi connectivity index (χ3n) is 4.41. The van der Waals surface area contributed by atoms with Crippen molar-refractivity contribution in [2.75, 3.05) is 33.3 Å². The molecule has 2 heterocycles. The summed E-state index contributed by atoms with van der Waals surface area (Å²) < 4.78 is 6.01. The molecule has 4 nitrogen and oxygen atoms in total. The van der Waals surface area contributed by atoms with Crippen LogP contribution in [0.25, 0.3) is 0 Å². The smallest absolute Gasteiger partial charge is 0.235 e. The van der Waals surface area contributed by atoms with E-state index in [0.717, 1.165) is 47.7 Å². The summed E-state index contributed by atoms with van der Waals surface area (Å²) in [6, 6.07) is 11.9. The predicted molar refractivity (Wildman–Crippen MR) is 109 cm³/mol. The van der Waals surface area contributed by atoms with Crippen molar-refractivity contribution < 1.29 is 9.53 Å². The summed E-state index contributed by atoms with van der Waals surface area (Å²) in [5.41, 5.74) is 0. The van der Waals surface area contributed by atoms with Crippen LogP contribution in [0.2, 0.25) is 4.34 Å². The number of hydrogen-bond donors (Lipinski definition) is 0. The molecule has 1 saturated heterocycles. The molecule has 1 atom stereocenters. The van der Waals surface area contributed by atoms with Gasteiger partial charge in [-0.2, -0.15) is 0 Å². The van der Waals surface area contributed by atoms with Crippen molar-refractivity contribution in [2.45, 2.75) is 23.6 Å². The molecule has 1 aliphatic heterocycles. The third-order valence-corrected chi connectivity index (χ3v) is 6.73. The van der Waals surface area contributed by atoms with Crippen molar-refractivity contribution in [3.63, 3.8) is 0 Å². The van der Waals surface area contributed by atoms with Gasteiger partial charge in [-0.1, -0.05) is 11.6 Å². The average Bonchev–Trinajstić information content (AvgIpc) is 3.07. The minimum absolute atomic E-state index is 0.0916. The van der Waals surface area contributed by atoms with E-state index in [1.54, 1.807) is 30.2 Å². The van der Waals surface area contributed by atoms with Gasteiger partial charge in [0.15, 0.2) is 0 Å². The Morgan fingerprint density at radius 3 is 2.46 bits per heavy atom. The maximum atomic E-state index is 12.7. The second kappa shape index (κ2) is 9.13. The first-order chi connectivity index (χ1) is 12.5. The number of halogens is 1. The van der Waals surface area contributed by atoms with Crippen LogP contribution in [0.4, 0.5) is 0 Å². The Labute approximate surface area is 168 Å². The van der Waals surface area contributed by atoms with Crippen LogP contribution in [0.15, 0.2) is 41.3 Å². The molecule has 0 aliphatic carbocycles. The monoisotopic (exact) mass is 410 g/mol. The minimum Gasteiger partial charge on any atom is -0.497 e. The molecular weight excluding hydrogens is 388 g/mol. The van der Waals surface area contributed by atoms with Gasteiger partial charge in [0, 0.05) is 42.5 Å². The summed E-state index contributed by atoms with van der Waals surface area (Å²) in [7, 11) is 1.65. The topological polar surface area (TPSA) is 32.8 Å². The number of amides is 1. The molecule has 26 heavy (non-hydrogen) atoms. The minimum atomic E-state index is -0.0916. The molecule has 2 aromatic rings. The molecule has 0 bridgehead atoms. The lowest BCUT2D eigenvalue weighted by Crippen LogP contribution is -2.50. The molecule has 0 N–H and O–H groups in total. The molecule has 1 fully saturated rings. The van der Waals surface area contributed by atoms with Crippen LogP contribution in [-0.2, 0) is 11.3 Å².